The average molecular weight is 405 g/mol. The predicted octanol–water partition coefficient (Wildman–Crippen LogP) is 2.55. The van der Waals surface area contributed by atoms with Crippen LogP contribution >= 0.6 is 0 Å². The summed E-state index contributed by atoms with van der Waals surface area (Å²) in [4.78, 5) is 13.5. The lowest BCUT2D eigenvalue weighted by atomic mass is 10.0. The fourth-order valence-corrected chi connectivity index (χ4v) is 4.43. The Labute approximate surface area is 177 Å². The zero-order chi connectivity index (χ0) is 20.9. The van der Waals surface area contributed by atoms with E-state index in [1.165, 1.54) is 18.7 Å². The summed E-state index contributed by atoms with van der Waals surface area (Å²) in [5.74, 6) is 0.180. The molecule has 156 valence electrons. The minimum Gasteiger partial charge on any atom is -0.492 e. The first kappa shape index (κ1) is 20.4. The summed E-state index contributed by atoms with van der Waals surface area (Å²) in [6, 6.07) is 20.4. The molecule has 1 aliphatic heterocycles. The van der Waals surface area contributed by atoms with E-state index in [0.29, 0.717) is 12.6 Å². The van der Waals surface area contributed by atoms with Crippen molar-refractivity contribution >= 4 is 5.97 Å². The zero-order valence-electron chi connectivity index (χ0n) is 16.9. The number of nitriles is 1. The Bertz CT molecular complexity index is 882. The number of benzene rings is 2. The number of nitrogens with one attached hydrogen (secondary N) is 1. The third kappa shape index (κ3) is 4.99. The smallest absolute Gasteiger partial charge is 0.321 e. The van der Waals surface area contributed by atoms with Crippen LogP contribution in [0, 0.1) is 29.1 Å². The van der Waals surface area contributed by atoms with Crippen molar-refractivity contribution < 1.29 is 14.6 Å². The Morgan fingerprint density at radius 2 is 1.83 bits per heavy atom. The summed E-state index contributed by atoms with van der Waals surface area (Å²) in [6.07, 6.45) is 0.208. The molecule has 1 saturated carbocycles. The van der Waals surface area contributed by atoms with E-state index in [1.807, 2.05) is 30.3 Å². The highest BCUT2D eigenvalue weighted by Gasteiger charge is 2.55. The minimum absolute atomic E-state index is 0.208. The van der Waals surface area contributed by atoms with Gasteiger partial charge in [-0.25, -0.2) is 0 Å². The summed E-state index contributed by atoms with van der Waals surface area (Å²) in [5, 5.41) is 21.5. The van der Waals surface area contributed by atoms with Crippen LogP contribution in [0.2, 0.25) is 0 Å². The van der Waals surface area contributed by atoms with Crippen molar-refractivity contribution in [3.63, 3.8) is 0 Å². The topological polar surface area (TPSA) is 85.6 Å². The summed E-state index contributed by atoms with van der Waals surface area (Å²) >= 11 is 0. The lowest BCUT2D eigenvalue weighted by Crippen LogP contribution is -2.33. The minimum atomic E-state index is -1.09. The van der Waals surface area contributed by atoms with E-state index in [4.69, 9.17) is 15.1 Å². The second kappa shape index (κ2) is 9.29. The first-order chi connectivity index (χ1) is 14.6. The molecule has 1 aliphatic carbocycles. The maximum Gasteiger partial charge on any atom is 0.321 e. The van der Waals surface area contributed by atoms with Gasteiger partial charge < -0.3 is 15.2 Å². The number of rotatable bonds is 10. The first-order valence-corrected chi connectivity index (χ1v) is 10.5. The number of likely N-dealkylation sites (tertiary alicyclic amines) is 1. The molecule has 30 heavy (non-hydrogen) atoms. The third-order valence-electron chi connectivity index (χ3n) is 6.09. The van der Waals surface area contributed by atoms with Gasteiger partial charge in [-0.05, 0) is 41.5 Å². The molecule has 0 bridgehead atoms. The summed E-state index contributed by atoms with van der Waals surface area (Å²) in [6.45, 7) is 4.78. The molecule has 1 saturated heterocycles. The van der Waals surface area contributed by atoms with Gasteiger partial charge in [0.25, 0.3) is 0 Å². The summed E-state index contributed by atoms with van der Waals surface area (Å²) in [5.41, 5.74) is 2.20. The number of carboxylic acids is 1. The number of aliphatic carboxylic acids is 1. The maximum atomic E-state index is 11.0. The van der Waals surface area contributed by atoms with Gasteiger partial charge in [0.15, 0.2) is 0 Å². The van der Waals surface area contributed by atoms with E-state index >= 15 is 0 Å². The fourth-order valence-electron chi connectivity index (χ4n) is 4.43. The number of fused-ring (bicyclic) bond motifs is 1. The van der Waals surface area contributed by atoms with Gasteiger partial charge in [0.05, 0.1) is 6.07 Å². The van der Waals surface area contributed by atoms with Gasteiger partial charge in [0.2, 0.25) is 0 Å². The van der Waals surface area contributed by atoms with Crippen LogP contribution in [0.1, 0.15) is 11.1 Å². The van der Waals surface area contributed by atoms with Crippen molar-refractivity contribution in [3.05, 3.63) is 65.7 Å². The predicted molar refractivity (Wildman–Crippen MR) is 113 cm³/mol. The molecule has 4 rings (SSSR count). The molecule has 2 N–H and O–H groups in total. The second-order valence-electron chi connectivity index (χ2n) is 8.20. The molecule has 0 aromatic heterocycles. The highest BCUT2D eigenvalue weighted by atomic mass is 16.5. The molecule has 1 heterocycles. The Hall–Kier alpha value is -2.88. The van der Waals surface area contributed by atoms with Crippen LogP contribution in [0.25, 0.3) is 0 Å². The Morgan fingerprint density at radius 3 is 2.47 bits per heavy atom. The van der Waals surface area contributed by atoms with E-state index in [0.717, 1.165) is 36.2 Å². The van der Waals surface area contributed by atoms with Crippen LogP contribution in [0.3, 0.4) is 0 Å². The van der Waals surface area contributed by atoms with Gasteiger partial charge in [0, 0.05) is 32.2 Å². The Morgan fingerprint density at radius 1 is 1.13 bits per heavy atom. The SMILES string of the molecule is N#C[C@H](Cc1ccc(OCCNC2C3CN(Cc4ccccc4)C[C@@H]32)cc1)C(=O)O. The molecule has 0 radical (unpaired) electrons. The number of nitrogens with zero attached hydrogens (tertiary/aromatic N) is 2. The second-order valence-corrected chi connectivity index (χ2v) is 8.20. The number of ether oxygens (including phenoxy) is 1. The van der Waals surface area contributed by atoms with E-state index < -0.39 is 11.9 Å². The lowest BCUT2D eigenvalue weighted by molar-refractivity contribution is -0.139. The number of piperidine rings is 1. The Kier molecular flexibility index (Phi) is 6.32. The average Bonchev–Trinajstić information content (AvgIpc) is 3.21. The maximum absolute atomic E-state index is 11.0. The molecule has 2 aromatic carbocycles. The molecule has 2 unspecified atom stereocenters. The van der Waals surface area contributed by atoms with Crippen molar-refractivity contribution in [2.24, 2.45) is 17.8 Å². The molecular formula is C24H27N3O3. The molecule has 6 nitrogen and oxygen atoms in total. The van der Waals surface area contributed by atoms with Crippen molar-refractivity contribution in [3.8, 4) is 11.8 Å². The molecule has 2 aliphatic rings. The van der Waals surface area contributed by atoms with Crippen molar-refractivity contribution in [2.45, 2.75) is 19.0 Å². The molecule has 6 heteroatoms. The molecule has 0 amide bonds. The normalized spacial score (nSPS) is 23.4. The van der Waals surface area contributed by atoms with Crippen LogP contribution in [0.4, 0.5) is 0 Å². The van der Waals surface area contributed by atoms with Crippen LogP contribution in [-0.4, -0.2) is 48.3 Å². The van der Waals surface area contributed by atoms with Crippen LogP contribution in [0.15, 0.2) is 54.6 Å². The van der Waals surface area contributed by atoms with E-state index in [2.05, 4.69) is 40.5 Å². The van der Waals surface area contributed by atoms with Crippen molar-refractivity contribution in [2.75, 3.05) is 26.2 Å². The fraction of sp³-hybridized carbons (Fsp3) is 0.417. The van der Waals surface area contributed by atoms with E-state index in [9.17, 15) is 4.79 Å². The third-order valence-corrected chi connectivity index (χ3v) is 6.09. The number of carboxylic acid groups (broad SMARTS) is 1. The van der Waals surface area contributed by atoms with Gasteiger partial charge in [-0.2, -0.15) is 5.26 Å². The number of hydrogen-bond donors (Lipinski definition) is 2. The summed E-state index contributed by atoms with van der Waals surface area (Å²) < 4.78 is 5.79. The van der Waals surface area contributed by atoms with E-state index in [-0.39, 0.29) is 6.42 Å². The quantitative estimate of drug-likeness (QED) is 0.591. The first-order valence-electron chi connectivity index (χ1n) is 10.5. The highest BCUT2D eigenvalue weighted by Crippen LogP contribution is 2.45. The lowest BCUT2D eigenvalue weighted by Gasteiger charge is -2.20. The standard InChI is InChI=1S/C24H27N3O3/c25-13-19(24(28)29)12-17-6-8-20(9-7-17)30-11-10-26-23-21-15-27(16-22(21)23)14-18-4-2-1-3-5-18/h1-9,19,21-23,26H,10-12,14-16H2,(H,28,29)/t19-,21-,22?,23?/m0/s1. The van der Waals surface area contributed by atoms with Gasteiger partial charge in [-0.15, -0.1) is 0 Å². The van der Waals surface area contributed by atoms with Gasteiger partial charge >= 0.3 is 5.97 Å². The summed E-state index contributed by atoms with van der Waals surface area (Å²) in [7, 11) is 0. The molecular weight excluding hydrogens is 378 g/mol. The largest absolute Gasteiger partial charge is 0.492 e. The van der Waals surface area contributed by atoms with Crippen molar-refractivity contribution in [1.82, 2.24) is 10.2 Å². The van der Waals surface area contributed by atoms with Gasteiger partial charge in [-0.1, -0.05) is 42.5 Å². The Balaban J connectivity index is 1.12. The van der Waals surface area contributed by atoms with E-state index in [1.54, 1.807) is 0 Å². The molecule has 2 aromatic rings. The van der Waals surface area contributed by atoms with Crippen LogP contribution in [0.5, 0.6) is 5.75 Å². The van der Waals surface area contributed by atoms with Crippen molar-refractivity contribution in [1.29, 1.82) is 5.26 Å². The number of carbonyl (C=O) groups is 1. The van der Waals surface area contributed by atoms with Gasteiger partial charge in [-0.3, -0.25) is 9.69 Å². The van der Waals surface area contributed by atoms with Crippen LogP contribution < -0.4 is 10.1 Å². The van der Waals surface area contributed by atoms with Gasteiger partial charge in [0.1, 0.15) is 18.3 Å². The highest BCUT2D eigenvalue weighted by molar-refractivity contribution is 5.73. The number of hydrogen-bond acceptors (Lipinski definition) is 5. The molecule has 4 atom stereocenters. The molecule has 2 fully saturated rings. The monoisotopic (exact) mass is 405 g/mol. The zero-order valence-corrected chi connectivity index (χ0v) is 16.9. The molecule has 0 spiro atoms. The van der Waals surface area contributed by atoms with Crippen LogP contribution in [-0.2, 0) is 17.8 Å².